The van der Waals surface area contributed by atoms with Crippen molar-refractivity contribution in [3.63, 3.8) is 0 Å². The quantitative estimate of drug-likeness (QED) is 0.766. The average Bonchev–Trinajstić information content (AvgIpc) is 2.69. The number of halogens is 2. The van der Waals surface area contributed by atoms with Gasteiger partial charge in [-0.05, 0) is 73.2 Å². The van der Waals surface area contributed by atoms with Crippen molar-refractivity contribution in [1.82, 2.24) is 4.31 Å². The Balaban J connectivity index is 1.58. The van der Waals surface area contributed by atoms with Crippen molar-refractivity contribution in [3.8, 4) is 0 Å². The lowest BCUT2D eigenvalue weighted by Gasteiger charge is -2.29. The zero-order chi connectivity index (χ0) is 21.0. The normalized spacial score (nSPS) is 16.0. The summed E-state index contributed by atoms with van der Waals surface area (Å²) in [7, 11) is -3.54. The van der Waals surface area contributed by atoms with Crippen LogP contribution in [0.3, 0.4) is 0 Å². The highest BCUT2D eigenvalue weighted by atomic mass is 32.2. The van der Waals surface area contributed by atoms with Gasteiger partial charge in [-0.1, -0.05) is 6.92 Å². The molecule has 5 nitrogen and oxygen atoms in total. The van der Waals surface area contributed by atoms with E-state index in [9.17, 15) is 22.0 Å². The van der Waals surface area contributed by atoms with E-state index in [0.29, 0.717) is 24.7 Å². The molecule has 1 amide bonds. The van der Waals surface area contributed by atoms with Crippen molar-refractivity contribution < 1.29 is 22.0 Å². The number of amides is 1. The lowest BCUT2D eigenvalue weighted by Crippen LogP contribution is -2.37. The Bertz CT molecular complexity index is 970. The summed E-state index contributed by atoms with van der Waals surface area (Å²) in [6.07, 6.45) is 1.74. The van der Waals surface area contributed by atoms with Crippen LogP contribution in [0.5, 0.6) is 0 Å². The zero-order valence-corrected chi connectivity index (χ0v) is 17.0. The van der Waals surface area contributed by atoms with Crippen LogP contribution in [-0.4, -0.2) is 31.7 Å². The molecule has 3 rings (SSSR count). The molecule has 1 aliphatic rings. The van der Waals surface area contributed by atoms with Crippen molar-refractivity contribution in [3.05, 3.63) is 59.7 Å². The van der Waals surface area contributed by atoms with Crippen LogP contribution in [0.2, 0.25) is 0 Å². The molecular weight excluding hydrogens is 398 g/mol. The standard InChI is InChI=1S/C21H24F2N2O3S/c1-15-10-12-25(13-11-15)29(27,28)19-6-4-18(5-7-19)24-21(26)9-2-16-14-17(22)3-8-20(16)23/h3-8,14-15H,2,9-13H2,1H3,(H,24,26). The van der Waals surface area contributed by atoms with Gasteiger partial charge in [-0.25, -0.2) is 17.2 Å². The van der Waals surface area contributed by atoms with Crippen LogP contribution in [-0.2, 0) is 21.2 Å². The number of rotatable bonds is 6. The van der Waals surface area contributed by atoms with Gasteiger partial charge in [0.05, 0.1) is 4.90 Å². The SMILES string of the molecule is CC1CCN(S(=O)(=O)c2ccc(NC(=O)CCc3cc(F)ccc3F)cc2)CC1. The number of sulfonamides is 1. The second-order valence-electron chi connectivity index (χ2n) is 7.39. The van der Waals surface area contributed by atoms with Crippen LogP contribution in [0.25, 0.3) is 0 Å². The molecule has 156 valence electrons. The molecule has 1 N–H and O–H groups in total. The lowest BCUT2D eigenvalue weighted by molar-refractivity contribution is -0.116. The largest absolute Gasteiger partial charge is 0.326 e. The third-order valence-corrected chi connectivity index (χ3v) is 7.06. The highest BCUT2D eigenvalue weighted by Crippen LogP contribution is 2.24. The summed E-state index contributed by atoms with van der Waals surface area (Å²) in [5, 5.41) is 2.65. The minimum atomic E-state index is -3.54. The van der Waals surface area contributed by atoms with E-state index in [1.54, 1.807) is 0 Å². The van der Waals surface area contributed by atoms with Gasteiger partial charge < -0.3 is 5.32 Å². The van der Waals surface area contributed by atoms with Crippen molar-refractivity contribution in [1.29, 1.82) is 0 Å². The topological polar surface area (TPSA) is 66.5 Å². The van der Waals surface area contributed by atoms with E-state index < -0.39 is 21.7 Å². The van der Waals surface area contributed by atoms with Crippen LogP contribution >= 0.6 is 0 Å². The number of nitrogens with zero attached hydrogens (tertiary/aromatic N) is 1. The van der Waals surface area contributed by atoms with E-state index >= 15 is 0 Å². The van der Waals surface area contributed by atoms with E-state index in [1.165, 1.54) is 28.6 Å². The van der Waals surface area contributed by atoms with Crippen LogP contribution < -0.4 is 5.32 Å². The molecule has 1 fully saturated rings. The van der Waals surface area contributed by atoms with E-state index in [1.807, 2.05) is 0 Å². The maximum absolute atomic E-state index is 13.6. The summed E-state index contributed by atoms with van der Waals surface area (Å²) >= 11 is 0. The van der Waals surface area contributed by atoms with Crippen LogP contribution in [0.15, 0.2) is 47.4 Å². The third-order valence-electron chi connectivity index (χ3n) is 5.15. The van der Waals surface area contributed by atoms with E-state index in [4.69, 9.17) is 0 Å². The minimum Gasteiger partial charge on any atom is -0.326 e. The molecule has 8 heteroatoms. The average molecular weight is 422 g/mol. The second kappa shape index (κ2) is 9.00. The number of nitrogens with one attached hydrogen (secondary N) is 1. The van der Waals surface area contributed by atoms with Crippen molar-refractivity contribution >= 4 is 21.6 Å². The highest BCUT2D eigenvalue weighted by molar-refractivity contribution is 7.89. The molecule has 0 aliphatic carbocycles. The third kappa shape index (κ3) is 5.39. The molecule has 1 saturated heterocycles. The first-order chi connectivity index (χ1) is 13.8. The van der Waals surface area contributed by atoms with Gasteiger partial charge >= 0.3 is 0 Å². The fourth-order valence-electron chi connectivity index (χ4n) is 3.29. The van der Waals surface area contributed by atoms with Gasteiger partial charge in [0.2, 0.25) is 15.9 Å². The molecule has 0 atom stereocenters. The Morgan fingerprint density at radius 3 is 2.41 bits per heavy atom. The monoisotopic (exact) mass is 422 g/mol. The van der Waals surface area contributed by atoms with Gasteiger partial charge in [-0.3, -0.25) is 4.79 Å². The Morgan fingerprint density at radius 2 is 1.76 bits per heavy atom. The Kier molecular flexibility index (Phi) is 6.64. The summed E-state index contributed by atoms with van der Waals surface area (Å²) in [6.45, 7) is 3.14. The summed E-state index contributed by atoms with van der Waals surface area (Å²) < 4.78 is 53.7. The number of carbonyl (C=O) groups excluding carboxylic acids is 1. The van der Waals surface area contributed by atoms with Crippen molar-refractivity contribution in [2.24, 2.45) is 5.92 Å². The van der Waals surface area contributed by atoms with Crippen LogP contribution in [0, 0.1) is 17.6 Å². The molecule has 0 radical (unpaired) electrons. The lowest BCUT2D eigenvalue weighted by atomic mass is 10.0. The predicted octanol–water partition coefficient (Wildman–Crippen LogP) is 3.96. The molecule has 0 spiro atoms. The Hall–Kier alpha value is -2.32. The number of hydrogen-bond acceptors (Lipinski definition) is 3. The zero-order valence-electron chi connectivity index (χ0n) is 16.2. The molecule has 1 aliphatic heterocycles. The highest BCUT2D eigenvalue weighted by Gasteiger charge is 2.27. The molecule has 1 heterocycles. The van der Waals surface area contributed by atoms with E-state index in [0.717, 1.165) is 31.0 Å². The number of benzene rings is 2. The maximum Gasteiger partial charge on any atom is 0.243 e. The molecule has 0 saturated carbocycles. The van der Waals surface area contributed by atoms with E-state index in [2.05, 4.69) is 12.2 Å². The fraction of sp³-hybridized carbons (Fsp3) is 0.381. The number of carbonyl (C=O) groups is 1. The Morgan fingerprint density at radius 1 is 1.10 bits per heavy atom. The number of hydrogen-bond donors (Lipinski definition) is 1. The summed E-state index contributed by atoms with van der Waals surface area (Å²) in [4.78, 5) is 12.3. The molecule has 29 heavy (non-hydrogen) atoms. The first-order valence-electron chi connectivity index (χ1n) is 9.59. The van der Waals surface area contributed by atoms with Crippen LogP contribution in [0.1, 0.15) is 31.7 Å². The van der Waals surface area contributed by atoms with Gasteiger partial charge in [0, 0.05) is 25.2 Å². The van der Waals surface area contributed by atoms with E-state index in [-0.39, 0.29) is 29.2 Å². The molecule has 0 aromatic heterocycles. The van der Waals surface area contributed by atoms with Gasteiger partial charge in [0.25, 0.3) is 0 Å². The fourth-order valence-corrected chi connectivity index (χ4v) is 4.76. The van der Waals surface area contributed by atoms with Crippen molar-refractivity contribution in [2.45, 2.75) is 37.5 Å². The van der Waals surface area contributed by atoms with Gasteiger partial charge in [0.1, 0.15) is 11.6 Å². The minimum absolute atomic E-state index is 0.0214. The summed E-state index contributed by atoms with van der Waals surface area (Å²) in [5.41, 5.74) is 0.582. The first-order valence-corrected chi connectivity index (χ1v) is 11.0. The Labute approximate surface area is 169 Å². The first kappa shape index (κ1) is 21.4. The number of anilines is 1. The van der Waals surface area contributed by atoms with Crippen molar-refractivity contribution in [2.75, 3.05) is 18.4 Å². The molecule has 2 aromatic carbocycles. The maximum atomic E-state index is 13.6. The molecule has 0 unspecified atom stereocenters. The predicted molar refractivity (Wildman–Crippen MR) is 107 cm³/mol. The molecule has 2 aromatic rings. The summed E-state index contributed by atoms with van der Waals surface area (Å²) in [6, 6.07) is 9.12. The van der Waals surface area contributed by atoms with Gasteiger partial charge in [-0.2, -0.15) is 4.31 Å². The molecular formula is C21H24F2N2O3S. The molecule has 0 bridgehead atoms. The second-order valence-corrected chi connectivity index (χ2v) is 9.33. The van der Waals surface area contributed by atoms with Gasteiger partial charge in [0.15, 0.2) is 0 Å². The number of aryl methyl sites for hydroxylation is 1. The van der Waals surface area contributed by atoms with Gasteiger partial charge in [-0.15, -0.1) is 0 Å². The smallest absolute Gasteiger partial charge is 0.243 e. The number of piperidine rings is 1. The summed E-state index contributed by atoms with van der Waals surface area (Å²) in [5.74, 6) is -0.947. The van der Waals surface area contributed by atoms with Crippen LogP contribution in [0.4, 0.5) is 14.5 Å².